The smallest absolute Gasteiger partial charge is 0.264 e. The lowest BCUT2D eigenvalue weighted by molar-refractivity contribution is -0.136. The zero-order valence-corrected chi connectivity index (χ0v) is 31.7. The van der Waals surface area contributed by atoms with Crippen molar-refractivity contribution < 1.29 is 28.7 Å². The second-order valence-electron chi connectivity index (χ2n) is 14.3. The summed E-state index contributed by atoms with van der Waals surface area (Å²) in [5.74, 6) is -1.34. The average molecular weight is 747 g/mol. The summed E-state index contributed by atoms with van der Waals surface area (Å²) in [6, 6.07) is 13.7. The molecule has 55 heavy (non-hydrogen) atoms. The summed E-state index contributed by atoms with van der Waals surface area (Å²) in [5.41, 5.74) is 4.76. The van der Waals surface area contributed by atoms with E-state index in [9.17, 15) is 24.0 Å². The summed E-state index contributed by atoms with van der Waals surface area (Å²) < 4.78 is 6.53. The minimum atomic E-state index is -0.981. The van der Waals surface area contributed by atoms with Crippen LogP contribution in [-0.4, -0.2) is 63.6 Å². The predicted octanol–water partition coefficient (Wildman–Crippen LogP) is 6.96. The SMILES string of the molecule is CCCC(=O)NC(c1cccnc1)c1cc(C)c2cccnc2c1OCCCCCCCCCCNc1cccc2c1C(=O)N(C1CCC(=O)NC1=O)C2=O. The number of unbranched alkanes of at least 4 members (excludes halogenated alkanes) is 7. The maximum atomic E-state index is 13.3. The molecule has 0 radical (unpaired) electrons. The zero-order valence-electron chi connectivity index (χ0n) is 31.7. The first-order valence-corrected chi connectivity index (χ1v) is 19.6. The van der Waals surface area contributed by atoms with E-state index in [0.717, 1.165) is 90.3 Å². The molecule has 0 saturated carbocycles. The van der Waals surface area contributed by atoms with Gasteiger partial charge in [0, 0.05) is 54.6 Å². The van der Waals surface area contributed by atoms with Crippen LogP contribution in [0.3, 0.4) is 0 Å². The van der Waals surface area contributed by atoms with E-state index in [1.54, 1.807) is 36.8 Å². The molecular weight excluding hydrogens is 697 g/mol. The normalized spacial score (nSPS) is 15.9. The van der Waals surface area contributed by atoms with E-state index >= 15 is 0 Å². The third kappa shape index (κ3) is 9.18. The Morgan fingerprint density at radius 2 is 1.71 bits per heavy atom. The zero-order chi connectivity index (χ0) is 38.7. The number of rotatable bonds is 19. The van der Waals surface area contributed by atoms with E-state index in [4.69, 9.17) is 9.72 Å². The molecule has 2 aliphatic heterocycles. The van der Waals surface area contributed by atoms with Gasteiger partial charge in [-0.25, -0.2) is 0 Å². The third-order valence-electron chi connectivity index (χ3n) is 10.3. The number of carbonyl (C=O) groups excluding carboxylic acids is 5. The van der Waals surface area contributed by atoms with E-state index in [2.05, 4.69) is 40.0 Å². The van der Waals surface area contributed by atoms with Crippen molar-refractivity contribution in [1.82, 2.24) is 25.5 Å². The number of aryl methyl sites for hydroxylation is 1. The minimum absolute atomic E-state index is 0.0223. The van der Waals surface area contributed by atoms with Gasteiger partial charge in [-0.05, 0) is 74.1 Å². The highest BCUT2D eigenvalue weighted by molar-refractivity contribution is 6.25. The van der Waals surface area contributed by atoms with E-state index in [1.165, 1.54) is 0 Å². The van der Waals surface area contributed by atoms with Gasteiger partial charge in [0.2, 0.25) is 17.7 Å². The molecule has 2 atom stereocenters. The van der Waals surface area contributed by atoms with Crippen LogP contribution in [0.1, 0.15) is 127 Å². The number of ether oxygens (including phenoxy) is 1. The first kappa shape index (κ1) is 39.1. The van der Waals surface area contributed by atoms with Crippen molar-refractivity contribution in [2.24, 2.45) is 0 Å². The Labute approximate surface area is 321 Å². The topological polar surface area (TPSA) is 160 Å². The fourth-order valence-electron chi connectivity index (χ4n) is 7.48. The average Bonchev–Trinajstić information content (AvgIpc) is 3.44. The molecule has 12 heteroatoms. The molecule has 0 spiro atoms. The molecule has 1 saturated heterocycles. The highest BCUT2D eigenvalue weighted by atomic mass is 16.5. The number of hydrogen-bond donors (Lipinski definition) is 3. The van der Waals surface area contributed by atoms with Crippen molar-refractivity contribution >= 4 is 46.1 Å². The first-order valence-electron chi connectivity index (χ1n) is 19.6. The molecule has 5 amide bonds. The highest BCUT2D eigenvalue weighted by Gasteiger charge is 2.45. The van der Waals surface area contributed by atoms with Crippen molar-refractivity contribution in [2.75, 3.05) is 18.5 Å². The number of nitrogens with one attached hydrogen (secondary N) is 3. The molecule has 3 N–H and O–H groups in total. The van der Waals surface area contributed by atoms with Crippen LogP contribution in [0, 0.1) is 6.92 Å². The lowest BCUT2D eigenvalue weighted by Gasteiger charge is -2.27. The van der Waals surface area contributed by atoms with Gasteiger partial charge in [0.1, 0.15) is 11.6 Å². The van der Waals surface area contributed by atoms with Crippen LogP contribution in [0.4, 0.5) is 5.69 Å². The second kappa shape index (κ2) is 18.6. The molecular formula is C43H50N6O6. The summed E-state index contributed by atoms with van der Waals surface area (Å²) in [5, 5.41) is 9.81. The number of anilines is 1. The number of nitrogens with zero attached hydrogens (tertiary/aromatic N) is 3. The quantitative estimate of drug-likeness (QED) is 0.0681. The third-order valence-corrected chi connectivity index (χ3v) is 10.3. The Morgan fingerprint density at radius 1 is 0.945 bits per heavy atom. The standard InChI is InChI=1S/C43H50N6O6/c1-3-15-35(50)47-38(29-16-13-22-44-27-29)32-26-28(2)30-18-14-24-46-39(30)40(32)55-25-11-9-7-5-4-6-8-10-23-45-33-19-12-17-31-37(33)43(54)49(42(31)53)34-20-21-36(51)48-41(34)52/h12-14,16-19,22,24,26-27,34,38,45H,3-11,15,20-21,23,25H2,1-2H3,(H,47,50)(H,48,51,52). The number of amides is 5. The number of hydrogen-bond acceptors (Lipinski definition) is 9. The molecule has 4 aromatic rings. The number of imide groups is 2. The van der Waals surface area contributed by atoms with E-state index in [0.29, 0.717) is 31.0 Å². The number of piperidine rings is 1. The minimum Gasteiger partial charge on any atom is -0.491 e. The van der Waals surface area contributed by atoms with Gasteiger partial charge >= 0.3 is 0 Å². The Bertz CT molecular complexity index is 2040. The summed E-state index contributed by atoms with van der Waals surface area (Å²) in [6.45, 7) is 5.24. The largest absolute Gasteiger partial charge is 0.491 e. The van der Waals surface area contributed by atoms with Crippen LogP contribution in [0.25, 0.3) is 10.9 Å². The van der Waals surface area contributed by atoms with Gasteiger partial charge in [-0.1, -0.05) is 63.6 Å². The molecule has 2 aliphatic rings. The lowest BCUT2D eigenvalue weighted by Crippen LogP contribution is -2.54. The van der Waals surface area contributed by atoms with Crippen molar-refractivity contribution in [3.05, 3.63) is 94.9 Å². The maximum Gasteiger partial charge on any atom is 0.264 e. The molecule has 12 nitrogen and oxygen atoms in total. The summed E-state index contributed by atoms with van der Waals surface area (Å²) >= 11 is 0. The van der Waals surface area contributed by atoms with Gasteiger partial charge in [0.25, 0.3) is 11.8 Å². The van der Waals surface area contributed by atoms with Crippen LogP contribution in [0.15, 0.2) is 67.1 Å². The fraction of sp³-hybridized carbons (Fsp3) is 0.419. The van der Waals surface area contributed by atoms with Crippen LogP contribution >= 0.6 is 0 Å². The van der Waals surface area contributed by atoms with E-state index in [-0.39, 0.29) is 29.9 Å². The van der Waals surface area contributed by atoms with Gasteiger partial charge < -0.3 is 15.4 Å². The second-order valence-corrected chi connectivity index (χ2v) is 14.3. The highest BCUT2D eigenvalue weighted by Crippen LogP contribution is 2.38. The Morgan fingerprint density at radius 3 is 2.45 bits per heavy atom. The predicted molar refractivity (Wildman–Crippen MR) is 210 cm³/mol. The van der Waals surface area contributed by atoms with Gasteiger partial charge in [0.15, 0.2) is 5.75 Å². The van der Waals surface area contributed by atoms with E-state index < -0.39 is 35.7 Å². The molecule has 2 aromatic heterocycles. The van der Waals surface area contributed by atoms with Crippen molar-refractivity contribution in [3.63, 3.8) is 0 Å². The Balaban J connectivity index is 0.944. The van der Waals surface area contributed by atoms with Crippen molar-refractivity contribution in [3.8, 4) is 5.75 Å². The number of pyridine rings is 2. The molecule has 0 bridgehead atoms. The van der Waals surface area contributed by atoms with Gasteiger partial charge in [-0.15, -0.1) is 0 Å². The van der Waals surface area contributed by atoms with Crippen LogP contribution in [0.2, 0.25) is 0 Å². The van der Waals surface area contributed by atoms with Gasteiger partial charge in [0.05, 0.1) is 23.8 Å². The number of benzene rings is 2. The van der Waals surface area contributed by atoms with Gasteiger partial charge in [-0.2, -0.15) is 0 Å². The summed E-state index contributed by atoms with van der Waals surface area (Å²) in [7, 11) is 0. The lowest BCUT2D eigenvalue weighted by atomic mass is 9.94. The number of aromatic nitrogens is 2. The van der Waals surface area contributed by atoms with Gasteiger partial charge in [-0.3, -0.25) is 44.2 Å². The fourth-order valence-corrected chi connectivity index (χ4v) is 7.48. The van der Waals surface area contributed by atoms with Crippen molar-refractivity contribution in [2.45, 2.75) is 103 Å². The molecule has 6 rings (SSSR count). The summed E-state index contributed by atoms with van der Waals surface area (Å²) in [6.07, 6.45) is 15.0. The Kier molecular flexibility index (Phi) is 13.2. The maximum absolute atomic E-state index is 13.3. The molecule has 1 fully saturated rings. The van der Waals surface area contributed by atoms with Crippen LogP contribution in [-0.2, 0) is 14.4 Å². The number of carbonyl (C=O) groups is 5. The number of fused-ring (bicyclic) bond motifs is 2. The summed E-state index contributed by atoms with van der Waals surface area (Å²) in [4.78, 5) is 73.3. The Hall–Kier alpha value is -5.65. The molecule has 4 heterocycles. The monoisotopic (exact) mass is 746 g/mol. The van der Waals surface area contributed by atoms with E-state index in [1.807, 2.05) is 25.1 Å². The van der Waals surface area contributed by atoms with Crippen LogP contribution < -0.4 is 20.7 Å². The van der Waals surface area contributed by atoms with Crippen molar-refractivity contribution in [1.29, 1.82) is 0 Å². The molecule has 0 aliphatic carbocycles. The molecule has 288 valence electrons. The van der Waals surface area contributed by atoms with Crippen LogP contribution in [0.5, 0.6) is 5.75 Å². The first-order chi connectivity index (χ1) is 26.8. The molecule has 2 unspecified atom stereocenters. The molecule has 2 aromatic carbocycles.